The minimum absolute atomic E-state index is 0.213. The normalized spacial score (nSPS) is 15.3. The van der Waals surface area contributed by atoms with Gasteiger partial charge in [0.05, 0.1) is 23.9 Å². The second-order valence-electron chi connectivity index (χ2n) is 6.76. The van der Waals surface area contributed by atoms with Crippen molar-refractivity contribution in [3.63, 3.8) is 0 Å². The molecule has 0 aromatic heterocycles. The lowest BCUT2D eigenvalue weighted by molar-refractivity contribution is -0.136. The molecular formula is C22H20Cl2N2O3. The Labute approximate surface area is 179 Å². The zero-order chi connectivity index (χ0) is 21.3. The third-order valence-corrected chi connectivity index (χ3v) is 5.05. The van der Waals surface area contributed by atoms with Gasteiger partial charge in [0, 0.05) is 35.5 Å². The number of hydrogen-bond acceptors (Lipinski definition) is 4. The van der Waals surface area contributed by atoms with E-state index in [9.17, 15) is 9.59 Å². The molecule has 0 radical (unpaired) electrons. The van der Waals surface area contributed by atoms with E-state index in [-0.39, 0.29) is 17.1 Å². The Bertz CT molecular complexity index is 1020. The molecule has 7 heteroatoms. The van der Waals surface area contributed by atoms with Gasteiger partial charge in [-0.25, -0.2) is 4.79 Å². The Kier molecular flexibility index (Phi) is 6.01. The van der Waals surface area contributed by atoms with Gasteiger partial charge < -0.3 is 9.64 Å². The molecule has 0 unspecified atom stereocenters. The molecule has 150 valence electrons. The molecule has 1 aliphatic heterocycles. The lowest BCUT2D eigenvalue weighted by Crippen LogP contribution is -2.24. The van der Waals surface area contributed by atoms with Gasteiger partial charge in [0.1, 0.15) is 0 Å². The van der Waals surface area contributed by atoms with Crippen LogP contribution in [0.25, 0.3) is 6.08 Å². The summed E-state index contributed by atoms with van der Waals surface area (Å²) in [5, 5.41) is 0.786. The van der Waals surface area contributed by atoms with Crippen molar-refractivity contribution in [3.05, 3.63) is 74.9 Å². The first-order valence-electron chi connectivity index (χ1n) is 8.82. The molecule has 0 saturated carbocycles. The maximum atomic E-state index is 13.3. The summed E-state index contributed by atoms with van der Waals surface area (Å²) in [4.78, 5) is 29.1. The predicted molar refractivity (Wildman–Crippen MR) is 117 cm³/mol. The molecule has 2 aromatic rings. The van der Waals surface area contributed by atoms with E-state index < -0.39 is 5.97 Å². The van der Waals surface area contributed by atoms with Crippen molar-refractivity contribution < 1.29 is 14.3 Å². The molecule has 0 aliphatic carbocycles. The maximum absolute atomic E-state index is 13.3. The average Bonchev–Trinajstić information content (AvgIpc) is 2.90. The molecule has 0 fully saturated rings. The van der Waals surface area contributed by atoms with Crippen LogP contribution < -0.4 is 9.80 Å². The number of ether oxygens (including phenoxy) is 1. The smallest absolute Gasteiger partial charge is 0.340 e. The lowest BCUT2D eigenvalue weighted by Gasteiger charge is -2.18. The number of benzene rings is 2. The Balaban J connectivity index is 2.11. The fourth-order valence-corrected chi connectivity index (χ4v) is 3.71. The molecule has 0 spiro atoms. The fourth-order valence-electron chi connectivity index (χ4n) is 3.19. The second-order valence-corrected chi connectivity index (χ2v) is 7.64. The number of rotatable bonds is 4. The minimum Gasteiger partial charge on any atom is -0.465 e. The van der Waals surface area contributed by atoms with Crippen LogP contribution in [0.15, 0.2) is 59.3 Å². The van der Waals surface area contributed by atoms with Crippen molar-refractivity contribution in [1.29, 1.82) is 0 Å². The average molecular weight is 431 g/mol. The highest BCUT2D eigenvalue weighted by atomic mass is 35.5. The van der Waals surface area contributed by atoms with Crippen molar-refractivity contribution >= 4 is 52.5 Å². The maximum Gasteiger partial charge on any atom is 0.340 e. The molecule has 0 N–H and O–H groups in total. The molecule has 1 amide bonds. The van der Waals surface area contributed by atoms with Gasteiger partial charge in [-0.15, -0.1) is 0 Å². The SMILES string of the molecule is COC(=O)C1=C(C)N(c2cc(Cl)cc(Cl)c2)C(=O)/C1=C\c1ccc(N(C)C)cc1. The summed E-state index contributed by atoms with van der Waals surface area (Å²) in [7, 11) is 5.18. The van der Waals surface area contributed by atoms with E-state index in [1.54, 1.807) is 31.2 Å². The molecule has 0 bridgehead atoms. The highest BCUT2D eigenvalue weighted by Crippen LogP contribution is 2.37. The van der Waals surface area contributed by atoms with Gasteiger partial charge in [-0.2, -0.15) is 0 Å². The van der Waals surface area contributed by atoms with E-state index in [1.807, 2.05) is 43.3 Å². The molecule has 0 atom stereocenters. The standard InChI is InChI=1S/C22H20Cl2N2O3/c1-13-20(22(28)29-4)19(9-14-5-7-17(8-6-14)25(2)3)21(27)26(13)18-11-15(23)10-16(24)12-18/h5-12H,1-4H3/b19-9-. The van der Waals surface area contributed by atoms with Crippen LogP contribution >= 0.6 is 23.2 Å². The molecule has 3 rings (SSSR count). The van der Waals surface area contributed by atoms with Gasteiger partial charge in [0.25, 0.3) is 5.91 Å². The number of carbonyl (C=O) groups is 2. The van der Waals surface area contributed by atoms with Crippen LogP contribution in [0.1, 0.15) is 12.5 Å². The van der Waals surface area contributed by atoms with Crippen LogP contribution in [0.2, 0.25) is 10.0 Å². The van der Waals surface area contributed by atoms with E-state index >= 15 is 0 Å². The molecule has 2 aromatic carbocycles. The van der Waals surface area contributed by atoms with Crippen molar-refractivity contribution in [1.82, 2.24) is 0 Å². The van der Waals surface area contributed by atoms with Gasteiger partial charge in [-0.05, 0) is 48.9 Å². The summed E-state index contributed by atoms with van der Waals surface area (Å²) in [5.74, 6) is -0.930. The van der Waals surface area contributed by atoms with Crippen LogP contribution in [0.5, 0.6) is 0 Å². The summed E-state index contributed by atoms with van der Waals surface area (Å²) in [5.41, 5.74) is 3.22. The van der Waals surface area contributed by atoms with E-state index in [0.717, 1.165) is 11.3 Å². The number of halogens is 2. The van der Waals surface area contributed by atoms with Crippen LogP contribution in [0.3, 0.4) is 0 Å². The molecule has 29 heavy (non-hydrogen) atoms. The van der Waals surface area contributed by atoms with Crippen LogP contribution in [-0.4, -0.2) is 33.1 Å². The molecule has 5 nitrogen and oxygen atoms in total. The first-order valence-corrected chi connectivity index (χ1v) is 9.57. The highest BCUT2D eigenvalue weighted by Gasteiger charge is 2.38. The fraction of sp³-hybridized carbons (Fsp3) is 0.182. The third kappa shape index (κ3) is 4.16. The first-order chi connectivity index (χ1) is 13.7. The summed E-state index contributed by atoms with van der Waals surface area (Å²) in [6.07, 6.45) is 1.68. The van der Waals surface area contributed by atoms with Gasteiger partial charge in [0.2, 0.25) is 0 Å². The number of esters is 1. The summed E-state index contributed by atoms with van der Waals surface area (Å²) in [6.45, 7) is 1.69. The Hall–Kier alpha value is -2.76. The van der Waals surface area contributed by atoms with Gasteiger partial charge in [0.15, 0.2) is 0 Å². The van der Waals surface area contributed by atoms with Gasteiger partial charge in [-0.3, -0.25) is 9.69 Å². The molecule has 1 aliphatic rings. The van der Waals surface area contributed by atoms with Crippen LogP contribution in [0, 0.1) is 0 Å². The molecular weight excluding hydrogens is 411 g/mol. The zero-order valence-corrected chi connectivity index (χ0v) is 18.0. The quantitative estimate of drug-likeness (QED) is 0.509. The number of nitrogens with zero attached hydrogens (tertiary/aromatic N) is 2. The van der Waals surface area contributed by atoms with Crippen LogP contribution in [-0.2, 0) is 14.3 Å². The van der Waals surface area contributed by atoms with E-state index in [2.05, 4.69) is 0 Å². The van der Waals surface area contributed by atoms with Gasteiger partial charge >= 0.3 is 5.97 Å². The largest absolute Gasteiger partial charge is 0.465 e. The summed E-state index contributed by atoms with van der Waals surface area (Å²) >= 11 is 12.2. The number of amides is 1. The number of carbonyl (C=O) groups excluding carboxylic acids is 2. The monoisotopic (exact) mass is 430 g/mol. The second kappa shape index (κ2) is 8.31. The van der Waals surface area contributed by atoms with Gasteiger partial charge in [-0.1, -0.05) is 35.3 Å². The van der Waals surface area contributed by atoms with E-state index in [1.165, 1.54) is 12.0 Å². The van der Waals surface area contributed by atoms with Crippen molar-refractivity contribution in [2.45, 2.75) is 6.92 Å². The van der Waals surface area contributed by atoms with Crippen molar-refractivity contribution in [2.75, 3.05) is 31.0 Å². The van der Waals surface area contributed by atoms with E-state index in [0.29, 0.717) is 21.4 Å². The van der Waals surface area contributed by atoms with Crippen molar-refractivity contribution in [2.24, 2.45) is 0 Å². The predicted octanol–water partition coefficient (Wildman–Crippen LogP) is 4.94. The van der Waals surface area contributed by atoms with Crippen LogP contribution in [0.4, 0.5) is 11.4 Å². The Morgan fingerprint density at radius 1 is 1.07 bits per heavy atom. The Morgan fingerprint density at radius 3 is 2.17 bits per heavy atom. The molecule has 0 saturated heterocycles. The van der Waals surface area contributed by atoms with Crippen molar-refractivity contribution in [3.8, 4) is 0 Å². The topological polar surface area (TPSA) is 49.9 Å². The zero-order valence-electron chi connectivity index (χ0n) is 16.5. The number of methoxy groups -OCH3 is 1. The Morgan fingerprint density at radius 2 is 1.66 bits per heavy atom. The number of hydrogen-bond donors (Lipinski definition) is 0. The van der Waals surface area contributed by atoms with E-state index in [4.69, 9.17) is 27.9 Å². The molecule has 1 heterocycles. The summed E-state index contributed by atoms with van der Waals surface area (Å²) in [6, 6.07) is 12.5. The lowest BCUT2D eigenvalue weighted by atomic mass is 10.0. The summed E-state index contributed by atoms with van der Waals surface area (Å²) < 4.78 is 4.93. The first kappa shape index (κ1) is 21.0. The number of allylic oxidation sites excluding steroid dienone is 1. The number of anilines is 2. The minimum atomic E-state index is -0.581. The third-order valence-electron chi connectivity index (χ3n) is 4.62. The highest BCUT2D eigenvalue weighted by molar-refractivity contribution is 6.35.